The van der Waals surface area contributed by atoms with E-state index in [1.165, 1.54) is 5.56 Å². The van der Waals surface area contributed by atoms with Gasteiger partial charge in [0.25, 0.3) is 0 Å². The standard InChI is InChI=1S/C18H27N5O.C2HF3O2/c1-13-16(9-20-15-10-22(11-15)12-18(3,4)24)14(2)23(21-13)17-7-5-6-8-19-17;3-2(4,5)1(6)7/h5-8,15,20,24H,9-12H2,1-4H3;(H,6,7). The van der Waals surface area contributed by atoms with Gasteiger partial charge in [-0.3, -0.25) is 4.90 Å². The number of aryl methyl sites for hydroxylation is 1. The second kappa shape index (κ2) is 9.75. The van der Waals surface area contributed by atoms with E-state index in [0.717, 1.165) is 43.4 Å². The van der Waals surface area contributed by atoms with E-state index in [4.69, 9.17) is 9.90 Å². The Hall–Kier alpha value is -2.50. The van der Waals surface area contributed by atoms with Gasteiger partial charge in [-0.1, -0.05) is 6.07 Å². The van der Waals surface area contributed by atoms with Crippen molar-refractivity contribution < 1.29 is 28.2 Å². The molecule has 0 bridgehead atoms. The van der Waals surface area contributed by atoms with Crippen molar-refractivity contribution in [2.24, 2.45) is 0 Å². The number of nitrogens with zero attached hydrogens (tertiary/aromatic N) is 4. The summed E-state index contributed by atoms with van der Waals surface area (Å²) in [4.78, 5) is 15.5. The molecule has 1 aliphatic rings. The van der Waals surface area contributed by atoms with Gasteiger partial charge in [-0.25, -0.2) is 14.5 Å². The van der Waals surface area contributed by atoms with Crippen molar-refractivity contribution in [2.45, 2.75) is 52.1 Å². The molecule has 3 heterocycles. The molecule has 31 heavy (non-hydrogen) atoms. The van der Waals surface area contributed by atoms with Gasteiger partial charge in [0.2, 0.25) is 0 Å². The Balaban J connectivity index is 0.000000423. The highest BCUT2D eigenvalue weighted by Crippen LogP contribution is 2.18. The summed E-state index contributed by atoms with van der Waals surface area (Å²) in [6.45, 7) is 11.3. The van der Waals surface area contributed by atoms with E-state index in [-0.39, 0.29) is 0 Å². The number of hydrogen-bond donors (Lipinski definition) is 3. The van der Waals surface area contributed by atoms with Gasteiger partial charge >= 0.3 is 12.1 Å². The molecule has 1 fully saturated rings. The predicted octanol–water partition coefficient (Wildman–Crippen LogP) is 2.06. The number of aliphatic hydroxyl groups is 1. The van der Waals surface area contributed by atoms with Crippen molar-refractivity contribution in [2.75, 3.05) is 19.6 Å². The molecule has 1 saturated heterocycles. The summed E-state index contributed by atoms with van der Waals surface area (Å²) in [6, 6.07) is 6.33. The van der Waals surface area contributed by atoms with Crippen LogP contribution in [-0.2, 0) is 11.3 Å². The van der Waals surface area contributed by atoms with Crippen LogP contribution in [0.1, 0.15) is 30.8 Å². The Morgan fingerprint density at radius 2 is 1.87 bits per heavy atom. The SMILES string of the molecule is Cc1nn(-c2ccccn2)c(C)c1CNC1CN(CC(C)(C)O)C1.O=C(O)C(F)(F)F. The van der Waals surface area contributed by atoms with Crippen molar-refractivity contribution in [1.29, 1.82) is 0 Å². The second-order valence-corrected chi connectivity index (χ2v) is 8.14. The van der Waals surface area contributed by atoms with Crippen LogP contribution in [0.25, 0.3) is 5.82 Å². The van der Waals surface area contributed by atoms with Crippen molar-refractivity contribution >= 4 is 5.97 Å². The van der Waals surface area contributed by atoms with E-state index in [2.05, 4.69) is 27.2 Å². The first-order chi connectivity index (χ1) is 14.3. The van der Waals surface area contributed by atoms with Crippen LogP contribution in [-0.4, -0.2) is 73.3 Å². The third-order valence-electron chi connectivity index (χ3n) is 4.69. The summed E-state index contributed by atoms with van der Waals surface area (Å²) in [5.41, 5.74) is 2.79. The maximum atomic E-state index is 10.6. The first kappa shape index (κ1) is 24.8. The highest BCUT2D eigenvalue weighted by atomic mass is 19.4. The average Bonchev–Trinajstić information content (AvgIpc) is 2.90. The molecule has 0 atom stereocenters. The van der Waals surface area contributed by atoms with Crippen LogP contribution in [0.2, 0.25) is 0 Å². The zero-order chi connectivity index (χ0) is 23.4. The van der Waals surface area contributed by atoms with Gasteiger partial charge in [0.05, 0.1) is 11.3 Å². The number of β-amino-alcohol motifs (C(OH)–C–C–N with tert-alkyl or cyclic N) is 1. The van der Waals surface area contributed by atoms with Gasteiger partial charge in [0, 0.05) is 49.7 Å². The molecule has 3 rings (SSSR count). The van der Waals surface area contributed by atoms with Gasteiger partial charge < -0.3 is 15.5 Å². The molecule has 0 aliphatic carbocycles. The van der Waals surface area contributed by atoms with Gasteiger partial charge in [-0.05, 0) is 39.8 Å². The number of nitrogens with one attached hydrogen (secondary N) is 1. The number of alkyl halides is 3. The minimum absolute atomic E-state index is 0.476. The highest BCUT2D eigenvalue weighted by Gasteiger charge is 2.38. The molecule has 0 spiro atoms. The molecule has 172 valence electrons. The van der Waals surface area contributed by atoms with Crippen LogP contribution in [0.5, 0.6) is 0 Å². The quantitative estimate of drug-likeness (QED) is 0.628. The Morgan fingerprint density at radius 1 is 1.26 bits per heavy atom. The van der Waals surface area contributed by atoms with E-state index >= 15 is 0 Å². The maximum absolute atomic E-state index is 10.6. The monoisotopic (exact) mass is 443 g/mol. The number of aromatic nitrogens is 3. The van der Waals surface area contributed by atoms with Crippen LogP contribution in [0.15, 0.2) is 24.4 Å². The summed E-state index contributed by atoms with van der Waals surface area (Å²) < 4.78 is 33.6. The lowest BCUT2D eigenvalue weighted by atomic mass is 10.0. The smallest absolute Gasteiger partial charge is 0.475 e. The Bertz CT molecular complexity index is 873. The fourth-order valence-corrected chi connectivity index (χ4v) is 3.25. The molecule has 2 aromatic heterocycles. The zero-order valence-corrected chi connectivity index (χ0v) is 17.9. The first-order valence-corrected chi connectivity index (χ1v) is 9.72. The summed E-state index contributed by atoms with van der Waals surface area (Å²) in [7, 11) is 0. The van der Waals surface area contributed by atoms with E-state index < -0.39 is 17.7 Å². The largest absolute Gasteiger partial charge is 0.490 e. The van der Waals surface area contributed by atoms with Crippen LogP contribution >= 0.6 is 0 Å². The van der Waals surface area contributed by atoms with Crippen molar-refractivity contribution in [1.82, 2.24) is 25.0 Å². The van der Waals surface area contributed by atoms with E-state index in [9.17, 15) is 18.3 Å². The second-order valence-electron chi connectivity index (χ2n) is 8.14. The van der Waals surface area contributed by atoms with E-state index in [1.54, 1.807) is 6.20 Å². The summed E-state index contributed by atoms with van der Waals surface area (Å²) in [5, 5.41) is 25.2. The Kier molecular flexibility index (Phi) is 7.79. The topological polar surface area (TPSA) is 104 Å². The zero-order valence-electron chi connectivity index (χ0n) is 17.9. The van der Waals surface area contributed by atoms with Crippen LogP contribution in [0.4, 0.5) is 13.2 Å². The number of carboxylic acids is 1. The first-order valence-electron chi connectivity index (χ1n) is 9.72. The Labute approximate surface area is 178 Å². The number of halogens is 3. The van der Waals surface area contributed by atoms with Crippen molar-refractivity contribution in [3.05, 3.63) is 41.3 Å². The molecule has 8 nitrogen and oxygen atoms in total. The molecule has 11 heteroatoms. The summed E-state index contributed by atoms with van der Waals surface area (Å²) in [6.07, 6.45) is -3.30. The van der Waals surface area contributed by atoms with Gasteiger partial charge in [0.1, 0.15) is 0 Å². The van der Waals surface area contributed by atoms with Crippen molar-refractivity contribution in [3.8, 4) is 5.82 Å². The third-order valence-corrected chi connectivity index (χ3v) is 4.69. The number of rotatable bonds is 6. The minimum atomic E-state index is -5.08. The summed E-state index contributed by atoms with van der Waals surface area (Å²) in [5.74, 6) is -1.91. The molecular weight excluding hydrogens is 415 g/mol. The molecule has 2 aromatic rings. The number of aliphatic carboxylic acids is 1. The lowest BCUT2D eigenvalue weighted by Crippen LogP contribution is -2.60. The summed E-state index contributed by atoms with van der Waals surface area (Å²) >= 11 is 0. The molecule has 0 unspecified atom stereocenters. The van der Waals surface area contributed by atoms with E-state index in [0.29, 0.717) is 6.04 Å². The third kappa shape index (κ3) is 7.30. The molecule has 0 radical (unpaired) electrons. The number of carbonyl (C=O) groups is 1. The van der Waals surface area contributed by atoms with Crippen LogP contribution in [0.3, 0.4) is 0 Å². The van der Waals surface area contributed by atoms with Crippen LogP contribution < -0.4 is 5.32 Å². The van der Waals surface area contributed by atoms with Crippen LogP contribution in [0, 0.1) is 13.8 Å². The molecular formula is C20H28F3N5O3. The number of carboxylic acid groups (broad SMARTS) is 1. The molecule has 3 N–H and O–H groups in total. The number of pyridine rings is 1. The van der Waals surface area contributed by atoms with E-state index in [1.807, 2.05) is 43.7 Å². The van der Waals surface area contributed by atoms with Gasteiger partial charge in [-0.2, -0.15) is 18.3 Å². The molecule has 0 saturated carbocycles. The number of hydrogen-bond acceptors (Lipinski definition) is 6. The lowest BCUT2D eigenvalue weighted by molar-refractivity contribution is -0.192. The molecule has 1 aliphatic heterocycles. The Morgan fingerprint density at radius 3 is 2.35 bits per heavy atom. The highest BCUT2D eigenvalue weighted by molar-refractivity contribution is 5.73. The van der Waals surface area contributed by atoms with Crippen molar-refractivity contribution in [3.63, 3.8) is 0 Å². The van der Waals surface area contributed by atoms with Gasteiger partial charge in [-0.15, -0.1) is 0 Å². The lowest BCUT2D eigenvalue weighted by Gasteiger charge is -2.42. The molecule has 0 amide bonds. The fraction of sp³-hybridized carbons (Fsp3) is 0.550. The van der Waals surface area contributed by atoms with Gasteiger partial charge in [0.15, 0.2) is 5.82 Å². The average molecular weight is 443 g/mol. The minimum Gasteiger partial charge on any atom is -0.475 e. The predicted molar refractivity (Wildman–Crippen MR) is 108 cm³/mol. The number of likely N-dealkylation sites (tertiary alicyclic amines) is 1. The molecule has 0 aromatic carbocycles. The normalized spacial score (nSPS) is 15.2. The fourth-order valence-electron chi connectivity index (χ4n) is 3.25. The maximum Gasteiger partial charge on any atom is 0.490 e.